The fourth-order valence-corrected chi connectivity index (χ4v) is 4.02. The van der Waals surface area contributed by atoms with Gasteiger partial charge in [-0.2, -0.15) is 0 Å². The van der Waals surface area contributed by atoms with Crippen LogP contribution in [-0.4, -0.2) is 36.1 Å². The van der Waals surface area contributed by atoms with Crippen LogP contribution in [0, 0.1) is 0 Å². The van der Waals surface area contributed by atoms with Crippen LogP contribution in [0.5, 0.6) is 11.5 Å². The van der Waals surface area contributed by atoms with Gasteiger partial charge in [-0.1, -0.05) is 0 Å². The van der Waals surface area contributed by atoms with E-state index in [0.717, 1.165) is 15.7 Å². The normalized spacial score (nSPS) is 17.4. The molecular weight excluding hydrogens is 404 g/mol. The highest BCUT2D eigenvalue weighted by Crippen LogP contribution is 2.41. The molecule has 5 nitrogen and oxygen atoms in total. The molecule has 1 aromatic carbocycles. The van der Waals surface area contributed by atoms with E-state index in [1.54, 1.807) is 14.0 Å². The average molecular weight is 427 g/mol. The Kier molecular flexibility index (Phi) is 6.46. The van der Waals surface area contributed by atoms with E-state index >= 15 is 0 Å². The Morgan fingerprint density at radius 2 is 2.08 bits per heavy atom. The molecular formula is C18H23BrN2O3S. The number of hydrogen-bond donors (Lipinski definition) is 1. The van der Waals surface area contributed by atoms with Gasteiger partial charge in [0.25, 0.3) is 0 Å². The number of Topliss-reactive ketones (excluding diaryl/α,β-unsaturated/α-hetero) is 1. The Labute approximate surface area is 162 Å². The molecule has 136 valence electrons. The maximum atomic E-state index is 12.3. The van der Waals surface area contributed by atoms with Gasteiger partial charge in [0.2, 0.25) is 0 Å². The summed E-state index contributed by atoms with van der Waals surface area (Å²) in [5.41, 5.74) is 2.47. The van der Waals surface area contributed by atoms with Crippen molar-refractivity contribution in [2.45, 2.75) is 33.7 Å². The smallest absolute Gasteiger partial charge is 0.175 e. The van der Waals surface area contributed by atoms with Crippen LogP contribution in [0.15, 0.2) is 27.9 Å². The Balaban J connectivity index is 2.60. The lowest BCUT2D eigenvalue weighted by molar-refractivity contribution is -0.114. The molecule has 0 bridgehead atoms. The maximum absolute atomic E-state index is 12.3. The molecule has 1 aliphatic heterocycles. The molecule has 1 aliphatic rings. The van der Waals surface area contributed by atoms with Crippen LogP contribution in [0.3, 0.4) is 0 Å². The van der Waals surface area contributed by atoms with Crippen LogP contribution in [0.25, 0.3) is 0 Å². The summed E-state index contributed by atoms with van der Waals surface area (Å²) in [7, 11) is 1.60. The van der Waals surface area contributed by atoms with Crippen molar-refractivity contribution in [3.05, 3.63) is 33.4 Å². The van der Waals surface area contributed by atoms with Crippen LogP contribution in [-0.2, 0) is 4.79 Å². The summed E-state index contributed by atoms with van der Waals surface area (Å²) in [6.07, 6.45) is 0. The van der Waals surface area contributed by atoms with Gasteiger partial charge in [-0.25, -0.2) is 0 Å². The number of benzene rings is 1. The van der Waals surface area contributed by atoms with Gasteiger partial charge in [0, 0.05) is 17.8 Å². The summed E-state index contributed by atoms with van der Waals surface area (Å²) < 4.78 is 11.9. The third kappa shape index (κ3) is 3.82. The molecule has 2 rings (SSSR count). The first-order valence-corrected chi connectivity index (χ1v) is 9.35. The lowest BCUT2D eigenvalue weighted by atomic mass is 9.92. The van der Waals surface area contributed by atoms with Crippen molar-refractivity contribution in [3.8, 4) is 11.5 Å². The van der Waals surface area contributed by atoms with E-state index in [4.69, 9.17) is 21.7 Å². The van der Waals surface area contributed by atoms with Crippen molar-refractivity contribution in [1.29, 1.82) is 0 Å². The van der Waals surface area contributed by atoms with Gasteiger partial charge in [0.05, 0.1) is 24.2 Å². The Bertz CT molecular complexity index is 733. The van der Waals surface area contributed by atoms with Crippen molar-refractivity contribution >= 4 is 39.0 Å². The van der Waals surface area contributed by atoms with Crippen LogP contribution in [0.2, 0.25) is 0 Å². The molecule has 0 radical (unpaired) electrons. The number of allylic oxidation sites excluding steroid dienone is 1. The summed E-state index contributed by atoms with van der Waals surface area (Å²) in [6, 6.07) is 3.49. The molecule has 0 aromatic heterocycles. The third-order valence-electron chi connectivity index (χ3n) is 4.17. The van der Waals surface area contributed by atoms with Crippen molar-refractivity contribution in [1.82, 2.24) is 10.2 Å². The minimum atomic E-state index is -0.325. The molecule has 1 heterocycles. The fraction of sp³-hybridized carbons (Fsp3) is 0.444. The number of hydrogen-bond acceptors (Lipinski definition) is 4. The van der Waals surface area contributed by atoms with E-state index < -0.39 is 0 Å². The number of ketones is 1. The molecule has 0 fully saturated rings. The SMILES string of the molecule is CCOc1c(Br)cc(C2NC(=S)N(CC)C(C)=C2C(C)=O)cc1OC. The van der Waals surface area contributed by atoms with Gasteiger partial charge in [0.1, 0.15) is 0 Å². The highest BCUT2D eigenvalue weighted by Gasteiger charge is 2.32. The second kappa shape index (κ2) is 8.19. The molecule has 0 saturated carbocycles. The molecule has 1 aromatic rings. The zero-order valence-corrected chi connectivity index (χ0v) is 17.5. The number of ether oxygens (including phenoxy) is 2. The molecule has 0 saturated heterocycles. The highest BCUT2D eigenvalue weighted by atomic mass is 79.9. The van der Waals surface area contributed by atoms with E-state index in [9.17, 15) is 4.79 Å². The number of nitrogens with zero attached hydrogens (tertiary/aromatic N) is 1. The number of nitrogens with one attached hydrogen (secondary N) is 1. The van der Waals surface area contributed by atoms with Crippen molar-refractivity contribution in [2.24, 2.45) is 0 Å². The monoisotopic (exact) mass is 426 g/mol. The van der Waals surface area contributed by atoms with Gasteiger partial charge in [-0.05, 0) is 73.5 Å². The summed E-state index contributed by atoms with van der Waals surface area (Å²) >= 11 is 9.03. The summed E-state index contributed by atoms with van der Waals surface area (Å²) in [6.45, 7) is 8.67. The fourth-order valence-electron chi connectivity index (χ4n) is 3.06. The summed E-state index contributed by atoms with van der Waals surface area (Å²) in [5.74, 6) is 1.27. The van der Waals surface area contributed by atoms with Gasteiger partial charge in [-0.15, -0.1) is 0 Å². The van der Waals surface area contributed by atoms with Crippen molar-refractivity contribution in [3.63, 3.8) is 0 Å². The molecule has 1 atom stereocenters. The van der Waals surface area contributed by atoms with Crippen molar-refractivity contribution in [2.75, 3.05) is 20.3 Å². The van der Waals surface area contributed by atoms with Crippen LogP contribution in [0.4, 0.5) is 0 Å². The summed E-state index contributed by atoms with van der Waals surface area (Å²) in [5, 5.41) is 3.90. The topological polar surface area (TPSA) is 50.8 Å². The van der Waals surface area contributed by atoms with Gasteiger partial charge < -0.3 is 19.7 Å². The van der Waals surface area contributed by atoms with Gasteiger partial charge >= 0.3 is 0 Å². The molecule has 0 amide bonds. The van der Waals surface area contributed by atoms with E-state index in [-0.39, 0.29) is 11.8 Å². The van der Waals surface area contributed by atoms with E-state index in [0.29, 0.717) is 35.3 Å². The zero-order chi connectivity index (χ0) is 18.7. The number of methoxy groups -OCH3 is 1. The van der Waals surface area contributed by atoms with Crippen molar-refractivity contribution < 1.29 is 14.3 Å². The minimum absolute atomic E-state index is 0.0138. The highest BCUT2D eigenvalue weighted by molar-refractivity contribution is 9.10. The van der Waals surface area contributed by atoms with Gasteiger partial charge in [-0.3, -0.25) is 4.79 Å². The van der Waals surface area contributed by atoms with Crippen LogP contribution < -0.4 is 14.8 Å². The molecule has 25 heavy (non-hydrogen) atoms. The number of rotatable bonds is 6. The Hall–Kier alpha value is -1.60. The van der Waals surface area contributed by atoms with Gasteiger partial charge in [0.15, 0.2) is 22.4 Å². The predicted octanol–water partition coefficient (Wildman–Crippen LogP) is 3.97. The first-order chi connectivity index (χ1) is 11.8. The van der Waals surface area contributed by atoms with E-state index in [1.807, 2.05) is 37.8 Å². The molecule has 7 heteroatoms. The maximum Gasteiger partial charge on any atom is 0.175 e. The molecule has 1 unspecified atom stereocenters. The first kappa shape index (κ1) is 19.7. The largest absolute Gasteiger partial charge is 0.493 e. The van der Waals surface area contributed by atoms with E-state index in [2.05, 4.69) is 21.2 Å². The Morgan fingerprint density at radius 3 is 2.60 bits per heavy atom. The predicted molar refractivity (Wildman–Crippen MR) is 106 cm³/mol. The number of carbonyl (C=O) groups is 1. The molecule has 0 spiro atoms. The minimum Gasteiger partial charge on any atom is -0.493 e. The quantitative estimate of drug-likeness (QED) is 0.694. The zero-order valence-electron chi connectivity index (χ0n) is 15.1. The number of thiocarbonyl (C=S) groups is 1. The molecule has 1 N–H and O–H groups in total. The number of halogens is 1. The third-order valence-corrected chi connectivity index (χ3v) is 5.09. The second-order valence-electron chi connectivity index (χ2n) is 5.65. The Morgan fingerprint density at radius 1 is 1.40 bits per heavy atom. The first-order valence-electron chi connectivity index (χ1n) is 8.15. The summed E-state index contributed by atoms with van der Waals surface area (Å²) in [4.78, 5) is 14.3. The van der Waals surface area contributed by atoms with E-state index in [1.165, 1.54) is 0 Å². The standard InChI is InChI=1S/C18H23BrN2O3S/c1-6-21-10(3)15(11(4)22)16(20-18(21)25)12-8-13(19)17(24-7-2)14(9-12)23-5/h8-9,16H,6-7H2,1-5H3,(H,20,25). The molecule has 0 aliphatic carbocycles. The average Bonchev–Trinajstić information content (AvgIpc) is 2.55. The lowest BCUT2D eigenvalue weighted by Gasteiger charge is -2.37. The van der Waals surface area contributed by atoms with Crippen LogP contribution >= 0.6 is 28.1 Å². The second-order valence-corrected chi connectivity index (χ2v) is 6.89. The van der Waals surface area contributed by atoms with Crippen LogP contribution in [0.1, 0.15) is 39.3 Å². The number of carbonyl (C=O) groups excluding carboxylic acids is 1. The lowest BCUT2D eigenvalue weighted by Crippen LogP contribution is -2.47.